The Labute approximate surface area is 110 Å². The van der Waals surface area contributed by atoms with Gasteiger partial charge in [-0.25, -0.2) is 0 Å². The van der Waals surface area contributed by atoms with Gasteiger partial charge in [0.2, 0.25) is 5.91 Å². The van der Waals surface area contributed by atoms with Gasteiger partial charge in [-0.3, -0.25) is 9.59 Å². The van der Waals surface area contributed by atoms with E-state index in [2.05, 4.69) is 0 Å². The van der Waals surface area contributed by atoms with Crippen LogP contribution in [0.1, 0.15) is 10.4 Å². The molecule has 1 amide bonds. The molecule has 0 unspecified atom stereocenters. The monoisotopic (exact) mass is 265 g/mol. The van der Waals surface area contributed by atoms with Gasteiger partial charge in [0, 0.05) is 23.5 Å². The van der Waals surface area contributed by atoms with Crippen molar-refractivity contribution in [3.63, 3.8) is 0 Å². The lowest BCUT2D eigenvalue weighted by molar-refractivity contribution is -0.132. The van der Waals surface area contributed by atoms with Crippen molar-refractivity contribution in [2.45, 2.75) is 4.90 Å². The zero-order valence-corrected chi connectivity index (χ0v) is 10.8. The van der Waals surface area contributed by atoms with Gasteiger partial charge in [0.1, 0.15) is 6.29 Å². The summed E-state index contributed by atoms with van der Waals surface area (Å²) in [5.41, 5.74) is 0.652. The van der Waals surface area contributed by atoms with E-state index in [1.54, 1.807) is 12.1 Å². The van der Waals surface area contributed by atoms with Crippen LogP contribution in [0.4, 0.5) is 0 Å². The van der Waals surface area contributed by atoms with E-state index in [0.717, 1.165) is 11.2 Å². The number of aldehydes is 1. The highest BCUT2D eigenvalue weighted by Crippen LogP contribution is 2.18. The summed E-state index contributed by atoms with van der Waals surface area (Å²) < 4.78 is 5.20. The number of nitrogens with zero attached hydrogens (tertiary/aromatic N) is 1. The van der Waals surface area contributed by atoms with Crippen molar-refractivity contribution in [2.75, 3.05) is 32.1 Å². The molecule has 1 fully saturated rings. The Balaban J connectivity index is 1.82. The molecule has 0 radical (unpaired) electrons. The molecule has 1 aromatic carbocycles. The van der Waals surface area contributed by atoms with Crippen molar-refractivity contribution in [1.29, 1.82) is 0 Å². The minimum atomic E-state index is 0.141. The average molecular weight is 265 g/mol. The van der Waals surface area contributed by atoms with E-state index in [1.165, 1.54) is 11.8 Å². The second kappa shape index (κ2) is 6.56. The van der Waals surface area contributed by atoms with E-state index >= 15 is 0 Å². The molecule has 4 nitrogen and oxygen atoms in total. The van der Waals surface area contributed by atoms with Crippen LogP contribution in [0, 0.1) is 0 Å². The Morgan fingerprint density at radius 3 is 2.56 bits per heavy atom. The number of amides is 1. The zero-order valence-electron chi connectivity index (χ0n) is 10.0. The van der Waals surface area contributed by atoms with E-state index in [9.17, 15) is 9.59 Å². The average Bonchev–Trinajstić information content (AvgIpc) is 2.46. The number of ether oxygens (including phenoxy) is 1. The standard InChI is InChI=1S/C13H15NO3S/c15-9-11-1-3-12(4-2-11)18-10-13(16)14-5-7-17-8-6-14/h1-4,9H,5-8,10H2. The lowest BCUT2D eigenvalue weighted by atomic mass is 10.2. The lowest BCUT2D eigenvalue weighted by Crippen LogP contribution is -2.41. The third-order valence-corrected chi connectivity index (χ3v) is 3.74. The first-order chi connectivity index (χ1) is 8.79. The lowest BCUT2D eigenvalue weighted by Gasteiger charge is -2.26. The molecule has 96 valence electrons. The molecule has 0 bridgehead atoms. The van der Waals surface area contributed by atoms with Crippen LogP contribution in [0.5, 0.6) is 0 Å². The van der Waals surface area contributed by atoms with Crippen LogP contribution in [-0.2, 0) is 9.53 Å². The van der Waals surface area contributed by atoms with Gasteiger partial charge in [0.05, 0.1) is 19.0 Å². The Bertz CT molecular complexity index is 413. The summed E-state index contributed by atoms with van der Waals surface area (Å²) >= 11 is 1.49. The Kier molecular flexibility index (Phi) is 4.78. The van der Waals surface area contributed by atoms with Crippen LogP contribution < -0.4 is 0 Å². The van der Waals surface area contributed by atoms with E-state index in [4.69, 9.17) is 4.74 Å². The summed E-state index contributed by atoms with van der Waals surface area (Å²) in [5, 5.41) is 0. The Hall–Kier alpha value is -1.33. The molecular weight excluding hydrogens is 250 g/mol. The van der Waals surface area contributed by atoms with Crippen LogP contribution in [0.15, 0.2) is 29.2 Å². The minimum Gasteiger partial charge on any atom is -0.378 e. The van der Waals surface area contributed by atoms with E-state index in [-0.39, 0.29) is 5.91 Å². The van der Waals surface area contributed by atoms with Crippen LogP contribution in [0.25, 0.3) is 0 Å². The molecule has 5 heteroatoms. The number of carbonyl (C=O) groups excluding carboxylic acids is 2. The third kappa shape index (κ3) is 3.58. The van der Waals surface area contributed by atoms with Gasteiger partial charge in [0.25, 0.3) is 0 Å². The van der Waals surface area contributed by atoms with Crippen LogP contribution >= 0.6 is 11.8 Å². The molecule has 1 aromatic rings. The fraction of sp³-hybridized carbons (Fsp3) is 0.385. The van der Waals surface area contributed by atoms with Crippen molar-refractivity contribution < 1.29 is 14.3 Å². The zero-order chi connectivity index (χ0) is 12.8. The molecule has 1 saturated heterocycles. The maximum atomic E-state index is 11.9. The van der Waals surface area contributed by atoms with Crippen molar-refractivity contribution in [1.82, 2.24) is 4.90 Å². The Morgan fingerprint density at radius 1 is 1.28 bits per heavy atom. The van der Waals surface area contributed by atoms with Gasteiger partial charge in [0.15, 0.2) is 0 Å². The number of thioether (sulfide) groups is 1. The third-order valence-electron chi connectivity index (χ3n) is 2.74. The predicted octanol–water partition coefficient (Wildman–Crippen LogP) is 1.45. The summed E-state index contributed by atoms with van der Waals surface area (Å²) in [6, 6.07) is 7.24. The van der Waals surface area contributed by atoms with Gasteiger partial charge in [-0.15, -0.1) is 11.8 Å². The Morgan fingerprint density at radius 2 is 1.94 bits per heavy atom. The molecule has 18 heavy (non-hydrogen) atoms. The maximum Gasteiger partial charge on any atom is 0.233 e. The molecule has 0 spiro atoms. The van der Waals surface area contributed by atoms with E-state index in [0.29, 0.717) is 37.6 Å². The van der Waals surface area contributed by atoms with E-state index in [1.807, 2.05) is 17.0 Å². The number of benzene rings is 1. The van der Waals surface area contributed by atoms with E-state index < -0.39 is 0 Å². The quantitative estimate of drug-likeness (QED) is 0.610. The molecule has 0 atom stereocenters. The summed E-state index contributed by atoms with van der Waals surface area (Å²) in [7, 11) is 0. The first kappa shape index (κ1) is 13.1. The number of rotatable bonds is 4. The van der Waals surface area contributed by atoms with Crippen LogP contribution in [0.2, 0.25) is 0 Å². The second-order valence-corrected chi connectivity index (χ2v) is 5.02. The van der Waals surface area contributed by atoms with Gasteiger partial charge < -0.3 is 9.64 Å². The molecule has 0 aromatic heterocycles. The fourth-order valence-corrected chi connectivity index (χ4v) is 2.49. The number of hydrogen-bond acceptors (Lipinski definition) is 4. The highest BCUT2D eigenvalue weighted by molar-refractivity contribution is 8.00. The molecule has 1 heterocycles. The van der Waals surface area contributed by atoms with Crippen molar-refractivity contribution in [3.8, 4) is 0 Å². The molecule has 0 aliphatic carbocycles. The van der Waals surface area contributed by atoms with Gasteiger partial charge in [-0.2, -0.15) is 0 Å². The van der Waals surface area contributed by atoms with Crippen LogP contribution in [0.3, 0.4) is 0 Å². The SMILES string of the molecule is O=Cc1ccc(SCC(=O)N2CCOCC2)cc1. The molecule has 1 aliphatic rings. The second-order valence-electron chi connectivity index (χ2n) is 3.97. The topological polar surface area (TPSA) is 46.6 Å². The molecule has 0 saturated carbocycles. The predicted molar refractivity (Wildman–Crippen MR) is 70.0 cm³/mol. The van der Waals surface area contributed by atoms with Gasteiger partial charge >= 0.3 is 0 Å². The first-order valence-electron chi connectivity index (χ1n) is 5.83. The number of hydrogen-bond donors (Lipinski definition) is 0. The summed E-state index contributed by atoms with van der Waals surface area (Å²) in [4.78, 5) is 25.2. The van der Waals surface area contributed by atoms with Crippen molar-refractivity contribution >= 4 is 24.0 Å². The molecule has 2 rings (SSSR count). The van der Waals surface area contributed by atoms with Gasteiger partial charge in [-0.05, 0) is 12.1 Å². The molecule has 1 aliphatic heterocycles. The number of carbonyl (C=O) groups is 2. The molecular formula is C13H15NO3S. The normalized spacial score (nSPS) is 15.4. The first-order valence-corrected chi connectivity index (χ1v) is 6.82. The highest BCUT2D eigenvalue weighted by Gasteiger charge is 2.16. The fourth-order valence-electron chi connectivity index (χ4n) is 1.69. The summed E-state index contributed by atoms with van der Waals surface area (Å²) in [5.74, 6) is 0.572. The smallest absolute Gasteiger partial charge is 0.233 e. The summed E-state index contributed by atoms with van der Waals surface area (Å²) in [6.07, 6.45) is 0.813. The van der Waals surface area contributed by atoms with Crippen LogP contribution in [-0.4, -0.2) is 49.1 Å². The molecule has 0 N–H and O–H groups in total. The van der Waals surface area contributed by atoms with Crippen molar-refractivity contribution in [3.05, 3.63) is 29.8 Å². The maximum absolute atomic E-state index is 11.9. The van der Waals surface area contributed by atoms with Crippen molar-refractivity contribution in [2.24, 2.45) is 0 Å². The van der Waals surface area contributed by atoms with Gasteiger partial charge in [-0.1, -0.05) is 12.1 Å². The number of morpholine rings is 1. The largest absolute Gasteiger partial charge is 0.378 e. The highest BCUT2D eigenvalue weighted by atomic mass is 32.2. The minimum absolute atomic E-state index is 0.141. The summed E-state index contributed by atoms with van der Waals surface area (Å²) in [6.45, 7) is 2.63.